The first-order valence-corrected chi connectivity index (χ1v) is 10.7. The molecule has 1 heterocycles. The quantitative estimate of drug-likeness (QED) is 0.403. The maximum absolute atomic E-state index is 12.7. The Morgan fingerprint density at radius 2 is 1.72 bits per heavy atom. The third kappa shape index (κ3) is 5.23. The van der Waals surface area contributed by atoms with Gasteiger partial charge < -0.3 is 10.4 Å². The summed E-state index contributed by atoms with van der Waals surface area (Å²) in [5.74, 6) is -1.08. The van der Waals surface area contributed by atoms with Crippen LogP contribution in [0, 0.1) is 0 Å². The average Bonchev–Trinajstić information content (AvgIpc) is 3.15. The Labute approximate surface area is 196 Å². The molecule has 168 valence electrons. The number of nitrogens with one attached hydrogen (secondary N) is 2. The van der Waals surface area contributed by atoms with E-state index in [2.05, 4.69) is 15.7 Å². The molecule has 9 heteroatoms. The van der Waals surface area contributed by atoms with Crippen LogP contribution >= 0.6 is 23.2 Å². The minimum Gasteiger partial charge on any atom is -0.481 e. The van der Waals surface area contributed by atoms with Gasteiger partial charge in [-0.25, -0.2) is 9.48 Å². The highest BCUT2D eigenvalue weighted by atomic mass is 35.5. The molecule has 0 bridgehead atoms. The lowest BCUT2D eigenvalue weighted by atomic mass is 9.92. The molecule has 3 aromatic rings. The van der Waals surface area contributed by atoms with Crippen LogP contribution in [0.15, 0.2) is 48.5 Å². The van der Waals surface area contributed by atoms with Gasteiger partial charge >= 0.3 is 12.0 Å². The SMILES string of the molecule is CC(C(=O)O)c1ccc(-n2nc(C(C)(C)C)cc2NC(=O)Nc2cccc(Cl)c2Cl)cc1. The van der Waals surface area contributed by atoms with Crippen LogP contribution < -0.4 is 10.6 Å². The van der Waals surface area contributed by atoms with Crippen LogP contribution in [0.3, 0.4) is 0 Å². The van der Waals surface area contributed by atoms with Gasteiger partial charge in [-0.3, -0.25) is 10.1 Å². The van der Waals surface area contributed by atoms with Crippen molar-refractivity contribution in [2.75, 3.05) is 10.6 Å². The van der Waals surface area contributed by atoms with Crippen molar-refractivity contribution in [3.63, 3.8) is 0 Å². The molecular formula is C23H24Cl2N4O3. The number of aliphatic carboxylic acids is 1. The maximum atomic E-state index is 12.7. The van der Waals surface area contributed by atoms with Crippen LogP contribution in [-0.4, -0.2) is 26.9 Å². The molecule has 1 atom stereocenters. The van der Waals surface area contributed by atoms with Crippen molar-refractivity contribution in [3.8, 4) is 5.69 Å². The van der Waals surface area contributed by atoms with E-state index in [9.17, 15) is 14.7 Å². The summed E-state index contributed by atoms with van der Waals surface area (Å²) in [5.41, 5.74) is 2.25. The molecule has 3 rings (SSSR count). The first-order chi connectivity index (χ1) is 15.0. The number of carbonyl (C=O) groups excluding carboxylic acids is 1. The molecule has 0 aliphatic carbocycles. The van der Waals surface area contributed by atoms with E-state index < -0.39 is 17.9 Å². The zero-order chi connectivity index (χ0) is 23.6. The summed E-state index contributed by atoms with van der Waals surface area (Å²) in [6, 6.07) is 13.3. The number of hydrogen-bond donors (Lipinski definition) is 3. The van der Waals surface area contributed by atoms with Gasteiger partial charge in [0.25, 0.3) is 0 Å². The lowest BCUT2D eigenvalue weighted by Gasteiger charge is -2.14. The Hall–Kier alpha value is -3.03. The molecule has 0 saturated heterocycles. The van der Waals surface area contributed by atoms with Crippen LogP contribution in [-0.2, 0) is 10.2 Å². The Bertz CT molecular complexity index is 1150. The van der Waals surface area contributed by atoms with Crippen LogP contribution in [0.2, 0.25) is 10.0 Å². The standard InChI is InChI=1S/C23H24Cl2N4O3/c1-13(21(30)31)14-8-10-15(11-9-14)29-19(12-18(28-29)23(2,3)4)27-22(32)26-17-7-5-6-16(24)20(17)25/h5-13H,1-4H3,(H,30,31)(H2,26,27,32). The number of amides is 2. The van der Waals surface area contributed by atoms with Gasteiger partial charge in [0.05, 0.1) is 33.0 Å². The van der Waals surface area contributed by atoms with E-state index in [0.29, 0.717) is 27.8 Å². The van der Waals surface area contributed by atoms with Crippen molar-refractivity contribution in [3.05, 3.63) is 69.8 Å². The van der Waals surface area contributed by atoms with Crippen LogP contribution in [0.4, 0.5) is 16.3 Å². The van der Waals surface area contributed by atoms with Gasteiger partial charge in [-0.05, 0) is 36.8 Å². The number of rotatable bonds is 5. The van der Waals surface area contributed by atoms with Gasteiger partial charge in [-0.1, -0.05) is 62.2 Å². The Balaban J connectivity index is 1.92. The van der Waals surface area contributed by atoms with Crippen molar-refractivity contribution in [1.29, 1.82) is 0 Å². The molecule has 0 aliphatic rings. The Morgan fingerprint density at radius 3 is 2.31 bits per heavy atom. The highest BCUT2D eigenvalue weighted by molar-refractivity contribution is 6.44. The fraction of sp³-hybridized carbons (Fsp3) is 0.261. The summed E-state index contributed by atoms with van der Waals surface area (Å²) in [6.45, 7) is 7.69. The molecule has 0 saturated carbocycles. The topological polar surface area (TPSA) is 96.2 Å². The van der Waals surface area contributed by atoms with Crippen molar-refractivity contribution in [2.45, 2.75) is 39.0 Å². The lowest BCUT2D eigenvalue weighted by Crippen LogP contribution is -2.21. The predicted octanol–water partition coefficient (Wildman–Crippen LogP) is 6.31. The van der Waals surface area contributed by atoms with Crippen LogP contribution in [0.5, 0.6) is 0 Å². The number of aromatic nitrogens is 2. The molecule has 1 unspecified atom stereocenters. The number of nitrogens with zero attached hydrogens (tertiary/aromatic N) is 2. The number of carboxylic acid groups (broad SMARTS) is 1. The highest BCUT2D eigenvalue weighted by Gasteiger charge is 2.22. The van der Waals surface area contributed by atoms with Crippen LogP contribution in [0.1, 0.15) is 44.9 Å². The average molecular weight is 475 g/mol. The fourth-order valence-electron chi connectivity index (χ4n) is 2.95. The number of carbonyl (C=O) groups is 2. The second kappa shape index (κ2) is 9.22. The van der Waals surface area contributed by atoms with Crippen molar-refractivity contribution < 1.29 is 14.7 Å². The summed E-state index contributed by atoms with van der Waals surface area (Å²) in [6.07, 6.45) is 0. The largest absolute Gasteiger partial charge is 0.481 e. The maximum Gasteiger partial charge on any atom is 0.324 e. The minimum atomic E-state index is -0.898. The predicted molar refractivity (Wildman–Crippen MR) is 127 cm³/mol. The number of urea groups is 1. The molecule has 3 N–H and O–H groups in total. The summed E-state index contributed by atoms with van der Waals surface area (Å²) < 4.78 is 1.61. The Morgan fingerprint density at radius 1 is 1.06 bits per heavy atom. The number of benzene rings is 2. The molecule has 7 nitrogen and oxygen atoms in total. The third-order valence-electron chi connectivity index (χ3n) is 4.93. The number of halogens is 2. The van der Waals surface area contributed by atoms with E-state index in [4.69, 9.17) is 23.2 Å². The summed E-state index contributed by atoms with van der Waals surface area (Å²) in [5, 5.41) is 20.0. The van der Waals surface area contributed by atoms with E-state index in [1.54, 1.807) is 60.1 Å². The number of hydrogen-bond acceptors (Lipinski definition) is 3. The second-order valence-electron chi connectivity index (χ2n) is 8.41. The van der Waals surface area contributed by atoms with E-state index in [-0.39, 0.29) is 10.4 Å². The molecule has 1 aromatic heterocycles. The molecular weight excluding hydrogens is 451 g/mol. The molecule has 0 spiro atoms. The number of carboxylic acids is 1. The van der Waals surface area contributed by atoms with E-state index in [1.165, 1.54) is 0 Å². The summed E-state index contributed by atoms with van der Waals surface area (Å²) in [4.78, 5) is 23.9. The zero-order valence-corrected chi connectivity index (χ0v) is 19.6. The minimum absolute atomic E-state index is 0.247. The molecule has 2 aromatic carbocycles. The first kappa shape index (κ1) is 23.6. The van der Waals surface area contributed by atoms with Gasteiger partial charge in [0.15, 0.2) is 0 Å². The van der Waals surface area contributed by atoms with Crippen molar-refractivity contribution >= 4 is 46.7 Å². The van der Waals surface area contributed by atoms with Gasteiger partial charge in [0.2, 0.25) is 0 Å². The van der Waals surface area contributed by atoms with Gasteiger partial charge in [0.1, 0.15) is 5.82 Å². The van der Waals surface area contributed by atoms with Crippen molar-refractivity contribution in [2.24, 2.45) is 0 Å². The fourth-order valence-corrected chi connectivity index (χ4v) is 3.30. The molecule has 0 aliphatic heterocycles. The number of anilines is 2. The molecule has 32 heavy (non-hydrogen) atoms. The monoisotopic (exact) mass is 474 g/mol. The molecule has 0 fully saturated rings. The lowest BCUT2D eigenvalue weighted by molar-refractivity contribution is -0.138. The first-order valence-electron chi connectivity index (χ1n) is 9.93. The summed E-state index contributed by atoms with van der Waals surface area (Å²) in [7, 11) is 0. The third-order valence-corrected chi connectivity index (χ3v) is 5.75. The second-order valence-corrected chi connectivity index (χ2v) is 9.19. The molecule has 2 amide bonds. The normalized spacial score (nSPS) is 12.3. The van der Waals surface area contributed by atoms with Gasteiger partial charge in [0, 0.05) is 11.5 Å². The van der Waals surface area contributed by atoms with E-state index in [1.807, 2.05) is 20.8 Å². The van der Waals surface area contributed by atoms with E-state index in [0.717, 1.165) is 5.69 Å². The highest BCUT2D eigenvalue weighted by Crippen LogP contribution is 2.30. The summed E-state index contributed by atoms with van der Waals surface area (Å²) >= 11 is 12.2. The van der Waals surface area contributed by atoms with Crippen LogP contribution in [0.25, 0.3) is 5.69 Å². The zero-order valence-electron chi connectivity index (χ0n) is 18.1. The van der Waals surface area contributed by atoms with Gasteiger partial charge in [-0.15, -0.1) is 0 Å². The van der Waals surface area contributed by atoms with Gasteiger partial charge in [-0.2, -0.15) is 5.10 Å². The Kier molecular flexibility index (Phi) is 6.81. The smallest absolute Gasteiger partial charge is 0.324 e. The molecule has 0 radical (unpaired) electrons. The van der Waals surface area contributed by atoms with Crippen molar-refractivity contribution in [1.82, 2.24) is 9.78 Å². The van der Waals surface area contributed by atoms with E-state index >= 15 is 0 Å².